The van der Waals surface area contributed by atoms with Gasteiger partial charge in [-0.15, -0.1) is 0 Å². The average Bonchev–Trinajstić information content (AvgIpc) is 3.70. The molecule has 0 bridgehead atoms. The van der Waals surface area contributed by atoms with Gasteiger partial charge in [0.05, 0.1) is 22.4 Å². The molecule has 7 aromatic rings. The Kier molecular flexibility index (Phi) is 6.63. The quantitative estimate of drug-likeness (QED) is 0.137. The number of nitrogens with zero attached hydrogens (tertiary/aromatic N) is 2. The first kappa shape index (κ1) is 27.9. The van der Waals surface area contributed by atoms with Crippen molar-refractivity contribution in [2.75, 3.05) is 11.9 Å². The van der Waals surface area contributed by atoms with Gasteiger partial charge in [-0.25, -0.2) is 0 Å². The molecule has 6 heteroatoms. The Morgan fingerprint density at radius 1 is 0.800 bits per heavy atom. The molecule has 3 heterocycles. The predicted octanol–water partition coefficient (Wildman–Crippen LogP) is 9.54. The van der Waals surface area contributed by atoms with Gasteiger partial charge in [0.25, 0.3) is 0 Å². The molecule has 0 aliphatic carbocycles. The molecule has 0 saturated carbocycles. The van der Waals surface area contributed by atoms with Gasteiger partial charge in [-0.05, 0) is 67.1 Å². The molecule has 0 atom stereocenters. The van der Waals surface area contributed by atoms with Crippen LogP contribution in [0.15, 0.2) is 112 Å². The van der Waals surface area contributed by atoms with E-state index in [1.165, 1.54) is 0 Å². The third-order valence-corrected chi connectivity index (χ3v) is 8.58. The van der Waals surface area contributed by atoms with Crippen LogP contribution in [0.4, 0.5) is 11.4 Å². The number of fused-ring (bicyclic) bond motifs is 3. The summed E-state index contributed by atoms with van der Waals surface area (Å²) in [4.78, 5) is 28.8. The molecular weight excluding hydrogens is 560 g/mol. The van der Waals surface area contributed by atoms with E-state index in [4.69, 9.17) is 8.83 Å². The van der Waals surface area contributed by atoms with Crippen LogP contribution in [0.1, 0.15) is 27.2 Å². The number of benzene rings is 4. The Balaban J connectivity index is 1.45. The van der Waals surface area contributed by atoms with Crippen molar-refractivity contribution in [1.29, 1.82) is 0 Å². The highest BCUT2D eigenvalue weighted by atomic mass is 16.3. The number of aldehydes is 1. The van der Waals surface area contributed by atoms with E-state index >= 15 is 0 Å². The van der Waals surface area contributed by atoms with Crippen LogP contribution in [0.3, 0.4) is 0 Å². The predicted molar refractivity (Wildman–Crippen MR) is 184 cm³/mol. The van der Waals surface area contributed by atoms with Gasteiger partial charge in [0.2, 0.25) is 0 Å². The number of hydrogen-bond donors (Lipinski definition) is 0. The maximum absolute atomic E-state index is 14.2. The summed E-state index contributed by atoms with van der Waals surface area (Å²) >= 11 is 0. The summed E-state index contributed by atoms with van der Waals surface area (Å²) in [5.74, 6) is 1.93. The molecule has 0 radical (unpaired) electrons. The van der Waals surface area contributed by atoms with Crippen LogP contribution in [0.25, 0.3) is 67.6 Å². The first-order valence-corrected chi connectivity index (χ1v) is 14.6. The number of aromatic nitrogens is 1. The van der Waals surface area contributed by atoms with Crippen LogP contribution in [-0.4, -0.2) is 17.9 Å². The Labute approximate surface area is 259 Å². The number of hydrogen-bond acceptors (Lipinski definition) is 5. The van der Waals surface area contributed by atoms with Crippen molar-refractivity contribution in [2.24, 2.45) is 7.05 Å². The lowest BCUT2D eigenvalue weighted by molar-refractivity contribution is 0.112. The largest absolute Gasteiger partial charge is 0.456 e. The maximum atomic E-state index is 14.2. The zero-order valence-electron chi connectivity index (χ0n) is 25.3. The minimum atomic E-state index is -0.131. The number of pyridine rings is 1. The highest BCUT2D eigenvalue weighted by Gasteiger charge is 2.22. The Morgan fingerprint density at radius 2 is 1.56 bits per heavy atom. The number of rotatable bonds is 7. The van der Waals surface area contributed by atoms with Crippen molar-refractivity contribution in [3.8, 4) is 22.6 Å². The van der Waals surface area contributed by atoms with Crippen molar-refractivity contribution in [3.63, 3.8) is 0 Å². The molecule has 3 aromatic heterocycles. The molecule has 0 unspecified atom stereocenters. The van der Waals surface area contributed by atoms with Crippen molar-refractivity contribution in [1.82, 2.24) is 4.57 Å². The summed E-state index contributed by atoms with van der Waals surface area (Å²) < 4.78 is 14.3. The molecule has 0 spiro atoms. The fraction of sp³-hybridized carbons (Fsp3) is 0.0769. The van der Waals surface area contributed by atoms with Gasteiger partial charge in [-0.1, -0.05) is 55.6 Å². The second-order valence-electron chi connectivity index (χ2n) is 11.2. The lowest BCUT2D eigenvalue weighted by Gasteiger charge is -2.26. The molecule has 0 fully saturated rings. The van der Waals surface area contributed by atoms with E-state index in [0.29, 0.717) is 44.6 Å². The van der Waals surface area contributed by atoms with Crippen LogP contribution < -0.4 is 10.3 Å². The summed E-state index contributed by atoms with van der Waals surface area (Å²) in [6.07, 6.45) is 4.19. The second-order valence-corrected chi connectivity index (χ2v) is 11.2. The molecule has 6 nitrogen and oxygen atoms in total. The molecule has 0 N–H and O–H groups in total. The first-order chi connectivity index (χ1) is 21.8. The van der Waals surface area contributed by atoms with E-state index in [1.54, 1.807) is 18.2 Å². The number of furan rings is 2. The molecule has 4 aromatic carbocycles. The van der Waals surface area contributed by atoms with E-state index < -0.39 is 0 Å². The Hall–Kier alpha value is -5.88. The van der Waals surface area contributed by atoms with E-state index in [2.05, 4.69) is 13.2 Å². The summed E-state index contributed by atoms with van der Waals surface area (Å²) in [5.41, 5.74) is 7.43. The molecule has 220 valence electrons. The van der Waals surface area contributed by atoms with Crippen molar-refractivity contribution >= 4 is 62.6 Å². The van der Waals surface area contributed by atoms with Crippen LogP contribution in [-0.2, 0) is 7.05 Å². The fourth-order valence-corrected chi connectivity index (χ4v) is 6.40. The van der Waals surface area contributed by atoms with Crippen LogP contribution in [0.5, 0.6) is 0 Å². The van der Waals surface area contributed by atoms with Crippen LogP contribution >= 0.6 is 0 Å². The monoisotopic (exact) mass is 590 g/mol. The minimum absolute atomic E-state index is 0.131. The van der Waals surface area contributed by atoms with E-state index in [9.17, 15) is 9.59 Å². The fourth-order valence-electron chi connectivity index (χ4n) is 6.40. The SMILES string of the molecule is C=Cc1cc(-c2cccc3c(=O)c4cc(N(C)c5c(C)cccc5-c5cc6ccccc6o5)c(C=O)cc4n(C)c23)oc1C=C. The highest BCUT2D eigenvalue weighted by molar-refractivity contribution is 6.04. The Bertz CT molecular complexity index is 2340. The van der Waals surface area contributed by atoms with Crippen LogP contribution in [0.2, 0.25) is 0 Å². The summed E-state index contributed by atoms with van der Waals surface area (Å²) in [5, 5.41) is 2.06. The number of para-hydroxylation sites is 3. The van der Waals surface area contributed by atoms with Crippen LogP contribution in [0, 0.1) is 6.92 Å². The molecule has 0 aliphatic rings. The molecule has 0 saturated heterocycles. The Morgan fingerprint density at radius 3 is 2.29 bits per heavy atom. The van der Waals surface area contributed by atoms with E-state index in [1.807, 2.05) is 109 Å². The summed E-state index contributed by atoms with van der Waals surface area (Å²) in [7, 11) is 3.82. The van der Waals surface area contributed by atoms with Crippen molar-refractivity contribution < 1.29 is 13.6 Å². The van der Waals surface area contributed by atoms with Crippen molar-refractivity contribution in [2.45, 2.75) is 6.92 Å². The standard InChI is InChI=1S/C39H30N2O4/c1-6-24-19-35(44-33(24)7-2)28-15-11-16-29-38(28)41(5)32-18-26(22-42)31(21-30(32)39(29)43)40(4)37-23(3)12-10-14-27(37)36-20-25-13-8-9-17-34(25)45-36/h6-22H,1-2H2,3-5H3. The zero-order valence-corrected chi connectivity index (χ0v) is 25.3. The minimum Gasteiger partial charge on any atom is -0.456 e. The van der Waals surface area contributed by atoms with Gasteiger partial charge in [0, 0.05) is 52.5 Å². The molecule has 0 amide bonds. The normalized spacial score (nSPS) is 11.4. The van der Waals surface area contributed by atoms with Gasteiger partial charge in [0.1, 0.15) is 22.9 Å². The number of aryl methyl sites for hydroxylation is 2. The zero-order chi connectivity index (χ0) is 31.4. The molecule has 0 aliphatic heterocycles. The smallest absolute Gasteiger partial charge is 0.197 e. The molecule has 7 rings (SSSR count). The lowest BCUT2D eigenvalue weighted by Crippen LogP contribution is -2.16. The van der Waals surface area contributed by atoms with Gasteiger partial charge in [0.15, 0.2) is 11.7 Å². The first-order valence-electron chi connectivity index (χ1n) is 14.6. The van der Waals surface area contributed by atoms with Gasteiger partial charge < -0.3 is 18.3 Å². The maximum Gasteiger partial charge on any atom is 0.197 e. The summed E-state index contributed by atoms with van der Waals surface area (Å²) in [6.45, 7) is 9.75. The van der Waals surface area contributed by atoms with E-state index in [0.717, 1.165) is 51.0 Å². The number of carbonyl (C=O) groups excluding carboxylic acids is 1. The average molecular weight is 591 g/mol. The highest BCUT2D eigenvalue weighted by Crippen LogP contribution is 2.41. The van der Waals surface area contributed by atoms with E-state index in [-0.39, 0.29) is 5.43 Å². The second kappa shape index (κ2) is 10.7. The third kappa shape index (κ3) is 4.33. The topological polar surface area (TPSA) is 68.6 Å². The third-order valence-electron chi connectivity index (χ3n) is 8.58. The lowest BCUT2D eigenvalue weighted by atomic mass is 10.00. The van der Waals surface area contributed by atoms with Gasteiger partial charge in [-0.3, -0.25) is 9.59 Å². The van der Waals surface area contributed by atoms with Crippen molar-refractivity contribution in [3.05, 3.63) is 131 Å². The van der Waals surface area contributed by atoms with Gasteiger partial charge in [-0.2, -0.15) is 0 Å². The number of anilines is 2. The summed E-state index contributed by atoms with van der Waals surface area (Å²) in [6, 6.07) is 27.0. The molecular formula is C39H30N2O4. The van der Waals surface area contributed by atoms with Gasteiger partial charge >= 0.3 is 0 Å². The number of carbonyl (C=O) groups is 1. The molecule has 45 heavy (non-hydrogen) atoms.